The lowest BCUT2D eigenvalue weighted by Crippen LogP contribution is -2.35. The van der Waals surface area contributed by atoms with Crippen molar-refractivity contribution in [2.75, 3.05) is 16.8 Å². The first kappa shape index (κ1) is 21.6. The molecule has 4 aromatic rings. The zero-order valence-electron chi connectivity index (χ0n) is 19.6. The number of carbonyl (C=O) groups is 1. The van der Waals surface area contributed by atoms with Crippen LogP contribution in [0.25, 0.3) is 16.9 Å². The molecule has 7 nitrogen and oxygen atoms in total. The largest absolute Gasteiger partial charge is 0.366 e. The molecule has 1 unspecified atom stereocenters. The highest BCUT2D eigenvalue weighted by Crippen LogP contribution is 2.39. The van der Waals surface area contributed by atoms with Crippen LogP contribution in [0, 0.1) is 12.7 Å². The lowest BCUT2D eigenvalue weighted by atomic mass is 9.99. The molecule has 0 spiro atoms. The van der Waals surface area contributed by atoms with E-state index in [0.717, 1.165) is 65.2 Å². The number of hydrogen-bond donors (Lipinski definition) is 2. The van der Waals surface area contributed by atoms with Gasteiger partial charge in [-0.1, -0.05) is 18.2 Å². The smallest absolute Gasteiger partial charge is 0.249 e. The second kappa shape index (κ2) is 8.37. The Labute approximate surface area is 202 Å². The van der Waals surface area contributed by atoms with Crippen LogP contribution in [-0.4, -0.2) is 33.0 Å². The summed E-state index contributed by atoms with van der Waals surface area (Å²) in [5.74, 6) is 1.57. The molecule has 3 N–H and O–H groups in total. The summed E-state index contributed by atoms with van der Waals surface area (Å²) in [6.07, 6.45) is 4.32. The van der Waals surface area contributed by atoms with Crippen LogP contribution in [0.15, 0.2) is 48.5 Å². The van der Waals surface area contributed by atoms with E-state index in [1.807, 2.05) is 35.8 Å². The predicted molar refractivity (Wildman–Crippen MR) is 135 cm³/mol. The molecule has 2 aliphatic rings. The maximum Gasteiger partial charge on any atom is 0.249 e. The van der Waals surface area contributed by atoms with Gasteiger partial charge in [-0.25, -0.2) is 4.39 Å². The molecule has 0 radical (unpaired) electrons. The monoisotopic (exact) mass is 470 g/mol. The van der Waals surface area contributed by atoms with Crippen molar-refractivity contribution in [3.05, 3.63) is 76.7 Å². The fraction of sp³-hybridized carbons (Fsp3) is 0.296. The molecule has 2 aliphatic heterocycles. The number of primary amides is 1. The van der Waals surface area contributed by atoms with Crippen LogP contribution in [0.1, 0.15) is 46.4 Å². The molecule has 178 valence electrons. The molecular formula is C27H27FN6O. The second-order valence-corrected chi connectivity index (χ2v) is 9.41. The number of rotatable bonds is 5. The number of nitrogens with zero attached hydrogens (tertiary/aromatic N) is 4. The molecule has 1 saturated heterocycles. The van der Waals surface area contributed by atoms with Gasteiger partial charge in [0.2, 0.25) is 11.9 Å². The second-order valence-electron chi connectivity index (χ2n) is 9.41. The Kier molecular flexibility index (Phi) is 5.16. The summed E-state index contributed by atoms with van der Waals surface area (Å²) in [5, 5.41) is 4.25. The summed E-state index contributed by atoms with van der Waals surface area (Å²) in [4.78, 5) is 24.5. The van der Waals surface area contributed by atoms with E-state index in [4.69, 9.17) is 15.7 Å². The SMILES string of the molecule is Cc1cc2c(C(N)=O)cccc2n1-c1nc(NCc2cccc(F)c2)c2c(n1)N1CCCC1CC2. The Hall–Kier alpha value is -3.94. The van der Waals surface area contributed by atoms with Crippen molar-refractivity contribution in [2.24, 2.45) is 5.73 Å². The normalized spacial score (nSPS) is 16.9. The van der Waals surface area contributed by atoms with Crippen molar-refractivity contribution >= 4 is 28.4 Å². The molecular weight excluding hydrogens is 443 g/mol. The van der Waals surface area contributed by atoms with Crippen LogP contribution in [0.2, 0.25) is 0 Å². The van der Waals surface area contributed by atoms with Crippen molar-refractivity contribution in [1.82, 2.24) is 14.5 Å². The number of nitrogens with two attached hydrogens (primary N) is 1. The van der Waals surface area contributed by atoms with Crippen molar-refractivity contribution in [1.29, 1.82) is 0 Å². The fourth-order valence-electron chi connectivity index (χ4n) is 5.58. The lowest BCUT2D eigenvalue weighted by Gasteiger charge is -2.33. The number of carbonyl (C=O) groups excluding carboxylic acids is 1. The van der Waals surface area contributed by atoms with Crippen LogP contribution in [0.4, 0.5) is 16.0 Å². The first-order valence-corrected chi connectivity index (χ1v) is 12.1. The highest BCUT2D eigenvalue weighted by atomic mass is 19.1. The summed E-state index contributed by atoms with van der Waals surface area (Å²) >= 11 is 0. The molecule has 6 rings (SSSR count). The van der Waals surface area contributed by atoms with Gasteiger partial charge in [0.1, 0.15) is 17.5 Å². The number of amides is 1. The van der Waals surface area contributed by atoms with Gasteiger partial charge in [-0.15, -0.1) is 0 Å². The Bertz CT molecular complexity index is 1460. The Morgan fingerprint density at radius 1 is 1.17 bits per heavy atom. The van der Waals surface area contributed by atoms with E-state index in [1.165, 1.54) is 18.6 Å². The molecule has 0 bridgehead atoms. The highest BCUT2D eigenvalue weighted by Gasteiger charge is 2.34. The van der Waals surface area contributed by atoms with Gasteiger partial charge in [0.25, 0.3) is 0 Å². The third-order valence-electron chi connectivity index (χ3n) is 7.19. The molecule has 4 heterocycles. The first-order valence-electron chi connectivity index (χ1n) is 12.1. The average Bonchev–Trinajstić information content (AvgIpc) is 3.46. The minimum Gasteiger partial charge on any atom is -0.366 e. The van der Waals surface area contributed by atoms with Gasteiger partial charge in [-0.3, -0.25) is 9.36 Å². The summed E-state index contributed by atoms with van der Waals surface area (Å²) in [6.45, 7) is 3.42. The number of hydrogen-bond acceptors (Lipinski definition) is 5. The van der Waals surface area contributed by atoms with Crippen molar-refractivity contribution in [2.45, 2.75) is 45.2 Å². The minimum absolute atomic E-state index is 0.255. The first-order chi connectivity index (χ1) is 17.0. The van der Waals surface area contributed by atoms with Gasteiger partial charge in [0, 0.05) is 41.3 Å². The molecule has 2 aromatic heterocycles. The number of fused-ring (bicyclic) bond motifs is 4. The molecule has 1 fully saturated rings. The van der Waals surface area contributed by atoms with Crippen molar-refractivity contribution in [3.63, 3.8) is 0 Å². The minimum atomic E-state index is -0.462. The van der Waals surface area contributed by atoms with E-state index in [9.17, 15) is 9.18 Å². The summed E-state index contributed by atoms with van der Waals surface area (Å²) in [7, 11) is 0. The molecule has 0 saturated carbocycles. The quantitative estimate of drug-likeness (QED) is 0.449. The van der Waals surface area contributed by atoms with Crippen molar-refractivity contribution < 1.29 is 9.18 Å². The van der Waals surface area contributed by atoms with Gasteiger partial charge in [0.15, 0.2) is 0 Å². The molecule has 1 atom stereocenters. The predicted octanol–water partition coefficient (Wildman–Crippen LogP) is 4.49. The molecule has 2 aromatic carbocycles. The van der Waals surface area contributed by atoms with Gasteiger partial charge >= 0.3 is 0 Å². The van der Waals surface area contributed by atoms with Crippen LogP contribution in [0.3, 0.4) is 0 Å². The maximum atomic E-state index is 13.7. The summed E-state index contributed by atoms with van der Waals surface area (Å²) in [5.41, 5.74) is 9.82. The van der Waals surface area contributed by atoms with Crippen LogP contribution in [-0.2, 0) is 13.0 Å². The van der Waals surface area contributed by atoms with E-state index >= 15 is 0 Å². The molecule has 35 heavy (non-hydrogen) atoms. The number of nitrogens with one attached hydrogen (secondary N) is 1. The molecule has 1 amide bonds. The zero-order valence-corrected chi connectivity index (χ0v) is 19.6. The van der Waals surface area contributed by atoms with Gasteiger partial charge in [-0.05, 0) is 68.5 Å². The van der Waals surface area contributed by atoms with E-state index in [1.54, 1.807) is 12.1 Å². The van der Waals surface area contributed by atoms with Crippen LogP contribution < -0.4 is 16.0 Å². The third kappa shape index (κ3) is 3.69. The number of halogens is 1. The van der Waals surface area contributed by atoms with E-state index < -0.39 is 5.91 Å². The maximum absolute atomic E-state index is 13.7. The van der Waals surface area contributed by atoms with Gasteiger partial charge < -0.3 is 16.0 Å². The molecule has 0 aliphatic carbocycles. The summed E-state index contributed by atoms with van der Waals surface area (Å²) in [6, 6.07) is 14.6. The van der Waals surface area contributed by atoms with Gasteiger partial charge in [-0.2, -0.15) is 9.97 Å². The Morgan fingerprint density at radius 3 is 2.86 bits per heavy atom. The fourth-order valence-corrected chi connectivity index (χ4v) is 5.58. The van der Waals surface area contributed by atoms with E-state index in [0.29, 0.717) is 24.1 Å². The summed E-state index contributed by atoms with van der Waals surface area (Å²) < 4.78 is 15.7. The number of aryl methyl sites for hydroxylation is 1. The zero-order chi connectivity index (χ0) is 24.1. The Morgan fingerprint density at radius 2 is 2.03 bits per heavy atom. The topological polar surface area (TPSA) is 89.1 Å². The van der Waals surface area contributed by atoms with E-state index in [2.05, 4.69) is 10.2 Å². The number of benzene rings is 2. The van der Waals surface area contributed by atoms with Gasteiger partial charge in [0.05, 0.1) is 5.52 Å². The van der Waals surface area contributed by atoms with Crippen LogP contribution in [0.5, 0.6) is 0 Å². The van der Waals surface area contributed by atoms with E-state index in [-0.39, 0.29) is 5.82 Å². The Balaban J connectivity index is 1.49. The lowest BCUT2D eigenvalue weighted by molar-refractivity contribution is 0.100. The average molecular weight is 471 g/mol. The highest BCUT2D eigenvalue weighted by molar-refractivity contribution is 6.06. The standard InChI is InChI=1S/C27H27FN6O/c1-16-13-22-20(24(29)35)8-3-9-23(22)34(16)27-31-25(30-15-17-5-2-6-18(28)14-17)21-11-10-19-7-4-12-33(19)26(21)32-27/h2-3,5-6,8-9,13-14,19H,4,7,10-12,15H2,1H3,(H2,29,35)(H,30,31,32). The van der Waals surface area contributed by atoms with Crippen LogP contribution >= 0.6 is 0 Å². The molecule has 8 heteroatoms. The van der Waals surface area contributed by atoms with Crippen molar-refractivity contribution in [3.8, 4) is 5.95 Å². The number of aromatic nitrogens is 3. The third-order valence-corrected chi connectivity index (χ3v) is 7.19. The number of anilines is 2.